The van der Waals surface area contributed by atoms with Crippen molar-refractivity contribution in [1.29, 1.82) is 0 Å². The Labute approximate surface area is 147 Å². The van der Waals surface area contributed by atoms with Crippen molar-refractivity contribution in [3.05, 3.63) is 59.2 Å². The molecule has 1 saturated heterocycles. The van der Waals surface area contributed by atoms with Gasteiger partial charge in [0.15, 0.2) is 0 Å². The van der Waals surface area contributed by atoms with Gasteiger partial charge in [0.25, 0.3) is 5.91 Å². The van der Waals surface area contributed by atoms with Gasteiger partial charge in [-0.3, -0.25) is 9.59 Å². The fourth-order valence-corrected chi connectivity index (χ4v) is 3.81. The number of anilines is 2. The van der Waals surface area contributed by atoms with Gasteiger partial charge >= 0.3 is 0 Å². The van der Waals surface area contributed by atoms with Crippen LogP contribution in [-0.2, 0) is 17.6 Å². The van der Waals surface area contributed by atoms with Crippen LogP contribution in [0.3, 0.4) is 0 Å². The maximum atomic E-state index is 12.6. The Bertz CT molecular complexity index is 811. The second kappa shape index (κ2) is 6.71. The summed E-state index contributed by atoms with van der Waals surface area (Å²) in [6.07, 6.45) is 6.04. The first kappa shape index (κ1) is 15.9. The summed E-state index contributed by atoms with van der Waals surface area (Å²) in [5, 5.41) is 3.06. The Morgan fingerprint density at radius 1 is 0.920 bits per heavy atom. The minimum Gasteiger partial charge on any atom is -0.322 e. The molecule has 0 radical (unpaired) electrons. The molecule has 2 aromatic carbocycles. The van der Waals surface area contributed by atoms with E-state index in [0.717, 1.165) is 37.2 Å². The smallest absolute Gasteiger partial charge is 0.255 e. The van der Waals surface area contributed by atoms with E-state index in [4.69, 9.17) is 0 Å². The lowest BCUT2D eigenvalue weighted by Crippen LogP contribution is -2.23. The average Bonchev–Trinajstić information content (AvgIpc) is 3.08. The topological polar surface area (TPSA) is 49.4 Å². The number of rotatable bonds is 3. The highest BCUT2D eigenvalue weighted by atomic mass is 16.2. The second-order valence-electron chi connectivity index (χ2n) is 6.80. The van der Waals surface area contributed by atoms with Gasteiger partial charge in [-0.1, -0.05) is 12.1 Å². The van der Waals surface area contributed by atoms with Crippen LogP contribution in [0, 0.1) is 0 Å². The lowest BCUT2D eigenvalue weighted by Gasteiger charge is -2.20. The highest BCUT2D eigenvalue weighted by Crippen LogP contribution is 2.28. The largest absolute Gasteiger partial charge is 0.322 e. The van der Waals surface area contributed by atoms with Crippen molar-refractivity contribution >= 4 is 23.2 Å². The molecule has 25 heavy (non-hydrogen) atoms. The van der Waals surface area contributed by atoms with Crippen LogP contribution in [0.5, 0.6) is 0 Å². The van der Waals surface area contributed by atoms with Gasteiger partial charge in [-0.25, -0.2) is 0 Å². The number of amides is 2. The number of nitrogens with one attached hydrogen (secondary N) is 1. The summed E-state index contributed by atoms with van der Waals surface area (Å²) in [6.45, 7) is 0.764. The Morgan fingerprint density at radius 3 is 2.48 bits per heavy atom. The highest BCUT2D eigenvalue weighted by Gasteiger charge is 2.22. The van der Waals surface area contributed by atoms with Crippen LogP contribution >= 0.6 is 0 Å². The molecule has 0 bridgehead atoms. The lowest BCUT2D eigenvalue weighted by atomic mass is 9.90. The standard InChI is InChI=1S/C21H22N2O2/c24-20-9-4-14-23(20)17-12-10-16(11-13-17)21(25)22-19-8-3-6-15-5-1-2-7-18(15)19/h3,6,8,10-13H,1-2,4-5,7,9,14H2,(H,22,25). The molecule has 0 aromatic heterocycles. The molecule has 2 aliphatic rings. The normalized spacial score (nSPS) is 16.6. The molecule has 0 unspecified atom stereocenters. The molecule has 1 aliphatic carbocycles. The first-order chi connectivity index (χ1) is 12.2. The maximum Gasteiger partial charge on any atom is 0.255 e. The molecular weight excluding hydrogens is 312 g/mol. The number of hydrogen-bond donors (Lipinski definition) is 1. The zero-order valence-electron chi connectivity index (χ0n) is 14.3. The van der Waals surface area contributed by atoms with Crippen molar-refractivity contribution in [2.45, 2.75) is 38.5 Å². The van der Waals surface area contributed by atoms with Crippen molar-refractivity contribution in [2.24, 2.45) is 0 Å². The van der Waals surface area contributed by atoms with Gasteiger partial charge in [-0.2, -0.15) is 0 Å². The zero-order chi connectivity index (χ0) is 17.2. The van der Waals surface area contributed by atoms with E-state index in [2.05, 4.69) is 11.4 Å². The average molecular weight is 334 g/mol. The quantitative estimate of drug-likeness (QED) is 0.924. The summed E-state index contributed by atoms with van der Waals surface area (Å²) in [5.41, 5.74) is 5.05. The van der Waals surface area contributed by atoms with Crippen molar-refractivity contribution < 1.29 is 9.59 Å². The third kappa shape index (κ3) is 3.16. The molecular formula is C21H22N2O2. The molecule has 0 spiro atoms. The predicted molar refractivity (Wildman–Crippen MR) is 99.1 cm³/mol. The number of carbonyl (C=O) groups is 2. The summed E-state index contributed by atoms with van der Waals surface area (Å²) in [7, 11) is 0. The molecule has 1 heterocycles. The predicted octanol–water partition coefficient (Wildman–Crippen LogP) is 3.94. The van der Waals surface area contributed by atoms with Crippen molar-refractivity contribution in [2.75, 3.05) is 16.8 Å². The molecule has 1 N–H and O–H groups in total. The molecule has 1 fully saturated rings. The number of aryl methyl sites for hydroxylation is 1. The van der Waals surface area contributed by atoms with Crippen molar-refractivity contribution in [1.82, 2.24) is 0 Å². The molecule has 2 amide bonds. The van der Waals surface area contributed by atoms with Gasteiger partial charge in [0.1, 0.15) is 0 Å². The van der Waals surface area contributed by atoms with Crippen LogP contribution in [0.25, 0.3) is 0 Å². The molecule has 2 aromatic rings. The fourth-order valence-electron chi connectivity index (χ4n) is 3.81. The Hall–Kier alpha value is -2.62. The summed E-state index contributed by atoms with van der Waals surface area (Å²) in [5.74, 6) is 0.0615. The van der Waals surface area contributed by atoms with E-state index in [9.17, 15) is 9.59 Å². The molecule has 4 nitrogen and oxygen atoms in total. The van der Waals surface area contributed by atoms with Gasteiger partial charge in [0, 0.05) is 29.9 Å². The van der Waals surface area contributed by atoms with Crippen molar-refractivity contribution in [3.8, 4) is 0 Å². The number of benzene rings is 2. The zero-order valence-corrected chi connectivity index (χ0v) is 14.3. The van der Waals surface area contributed by atoms with Crippen molar-refractivity contribution in [3.63, 3.8) is 0 Å². The molecule has 0 saturated carbocycles. The lowest BCUT2D eigenvalue weighted by molar-refractivity contribution is -0.117. The third-order valence-electron chi connectivity index (χ3n) is 5.16. The van der Waals surface area contributed by atoms with E-state index in [1.165, 1.54) is 24.0 Å². The van der Waals surface area contributed by atoms with Gasteiger partial charge in [0.2, 0.25) is 5.91 Å². The molecule has 4 heteroatoms. The molecule has 128 valence electrons. The van der Waals surface area contributed by atoms with Crippen LogP contribution in [0.4, 0.5) is 11.4 Å². The van der Waals surface area contributed by atoms with E-state index < -0.39 is 0 Å². The SMILES string of the molecule is O=C(Nc1cccc2c1CCCC2)c1ccc(N2CCCC2=O)cc1. The Kier molecular flexibility index (Phi) is 4.26. The Morgan fingerprint density at radius 2 is 1.72 bits per heavy atom. The monoisotopic (exact) mass is 334 g/mol. The molecule has 1 aliphatic heterocycles. The van der Waals surface area contributed by atoms with E-state index >= 15 is 0 Å². The number of carbonyl (C=O) groups excluding carboxylic acids is 2. The van der Waals surface area contributed by atoms with Gasteiger partial charge in [-0.15, -0.1) is 0 Å². The van der Waals surface area contributed by atoms with Crippen LogP contribution in [0.1, 0.15) is 47.2 Å². The Balaban J connectivity index is 1.51. The van der Waals surface area contributed by atoms with Gasteiger partial charge in [0.05, 0.1) is 0 Å². The number of fused-ring (bicyclic) bond motifs is 1. The maximum absolute atomic E-state index is 12.6. The highest BCUT2D eigenvalue weighted by molar-refractivity contribution is 6.05. The fraction of sp³-hybridized carbons (Fsp3) is 0.333. The minimum absolute atomic E-state index is 0.0988. The van der Waals surface area contributed by atoms with Gasteiger partial charge in [-0.05, 0) is 73.6 Å². The van der Waals surface area contributed by atoms with Crippen LogP contribution in [0.2, 0.25) is 0 Å². The first-order valence-electron chi connectivity index (χ1n) is 9.05. The second-order valence-corrected chi connectivity index (χ2v) is 6.80. The summed E-state index contributed by atoms with van der Waals surface area (Å²) >= 11 is 0. The van der Waals surface area contributed by atoms with Crippen LogP contribution in [0.15, 0.2) is 42.5 Å². The van der Waals surface area contributed by atoms with Crippen LogP contribution in [-0.4, -0.2) is 18.4 Å². The molecule has 4 rings (SSSR count). The number of hydrogen-bond acceptors (Lipinski definition) is 2. The van der Waals surface area contributed by atoms with E-state index in [1.54, 1.807) is 17.0 Å². The van der Waals surface area contributed by atoms with E-state index in [-0.39, 0.29) is 11.8 Å². The summed E-state index contributed by atoms with van der Waals surface area (Å²) in [4.78, 5) is 26.2. The minimum atomic E-state index is -0.0988. The first-order valence-corrected chi connectivity index (χ1v) is 9.05. The van der Waals surface area contributed by atoms with Crippen LogP contribution < -0.4 is 10.2 Å². The van der Waals surface area contributed by atoms with E-state index in [0.29, 0.717) is 12.0 Å². The third-order valence-corrected chi connectivity index (χ3v) is 5.16. The van der Waals surface area contributed by atoms with Gasteiger partial charge < -0.3 is 10.2 Å². The summed E-state index contributed by atoms with van der Waals surface area (Å²) in [6, 6.07) is 13.5. The molecule has 0 atom stereocenters. The number of nitrogens with zero attached hydrogens (tertiary/aromatic N) is 1. The van der Waals surface area contributed by atoms with E-state index in [1.807, 2.05) is 24.3 Å². The summed E-state index contributed by atoms with van der Waals surface area (Å²) < 4.78 is 0.